The van der Waals surface area contributed by atoms with Gasteiger partial charge >= 0.3 is 0 Å². The summed E-state index contributed by atoms with van der Waals surface area (Å²) >= 11 is 6.39. The van der Waals surface area contributed by atoms with E-state index in [-0.39, 0.29) is 5.92 Å². The first-order chi connectivity index (χ1) is 10.7. The second-order valence-corrected chi connectivity index (χ2v) is 5.29. The molecule has 0 amide bonds. The van der Waals surface area contributed by atoms with Gasteiger partial charge in [-0.1, -0.05) is 30.7 Å². The lowest BCUT2D eigenvalue weighted by atomic mass is 9.85. The number of nitrogens with zero attached hydrogens (tertiary/aromatic N) is 3. The van der Waals surface area contributed by atoms with Crippen LogP contribution in [0.2, 0.25) is 5.02 Å². The molecule has 0 saturated carbocycles. The first-order valence-corrected chi connectivity index (χ1v) is 7.18. The van der Waals surface area contributed by atoms with E-state index in [0.29, 0.717) is 22.7 Å². The van der Waals surface area contributed by atoms with Gasteiger partial charge in [-0.05, 0) is 18.1 Å². The fourth-order valence-electron chi connectivity index (χ4n) is 2.73. The number of hydrogen-bond acceptors (Lipinski definition) is 3. The number of rotatable bonds is 2. The maximum absolute atomic E-state index is 9.18. The number of nitriles is 1. The molecule has 5 nitrogen and oxygen atoms in total. The number of benzene rings is 1. The molecule has 1 aliphatic rings. The predicted octanol–water partition coefficient (Wildman–Crippen LogP) is 4.03. The first-order valence-electron chi connectivity index (χ1n) is 6.80. The van der Waals surface area contributed by atoms with Crippen molar-refractivity contribution in [3.63, 3.8) is 0 Å². The van der Waals surface area contributed by atoms with Gasteiger partial charge in [0.15, 0.2) is 5.70 Å². The van der Waals surface area contributed by atoms with Crippen LogP contribution in [0, 0.1) is 17.9 Å². The summed E-state index contributed by atoms with van der Waals surface area (Å²) in [6, 6.07) is 7.40. The van der Waals surface area contributed by atoms with Crippen LogP contribution in [0.15, 0.2) is 35.8 Å². The van der Waals surface area contributed by atoms with Gasteiger partial charge in [-0.3, -0.25) is 5.10 Å². The van der Waals surface area contributed by atoms with Crippen molar-refractivity contribution in [1.29, 1.82) is 5.26 Å². The van der Waals surface area contributed by atoms with Crippen molar-refractivity contribution in [2.45, 2.75) is 19.3 Å². The summed E-state index contributed by atoms with van der Waals surface area (Å²) in [7, 11) is 0. The van der Waals surface area contributed by atoms with E-state index in [1.165, 1.54) is 0 Å². The van der Waals surface area contributed by atoms with Crippen LogP contribution in [-0.2, 0) is 0 Å². The molecule has 108 valence electrons. The largest absolute Gasteiger partial charge is 0.354 e. The molecule has 6 heteroatoms. The third-order valence-electron chi connectivity index (χ3n) is 3.77. The molecule has 0 saturated heterocycles. The van der Waals surface area contributed by atoms with Gasteiger partial charge in [0.25, 0.3) is 0 Å². The molecule has 2 aromatic rings. The third kappa shape index (κ3) is 2.04. The molecular weight excluding hydrogens is 298 g/mol. The number of halogens is 1. The number of allylic oxidation sites excluding steroid dienone is 2. The Balaban J connectivity index is 2.27. The standard InChI is InChI=1S/C16H12ClN5/c1-3-12-15(19-2)13(11-8-20-22-16(11)21-12)10-6-4-5-9(7-18)14(10)17/h4-6,8,13H,3H2,1H3,(H2,20,21,22). The highest BCUT2D eigenvalue weighted by Gasteiger charge is 2.32. The molecule has 1 unspecified atom stereocenters. The molecule has 0 radical (unpaired) electrons. The Hall–Kier alpha value is -2.76. The van der Waals surface area contributed by atoms with Crippen molar-refractivity contribution in [3.05, 3.63) is 68.9 Å². The third-order valence-corrected chi connectivity index (χ3v) is 4.19. The molecule has 1 aliphatic heterocycles. The predicted molar refractivity (Wildman–Crippen MR) is 84.1 cm³/mol. The molecule has 0 bridgehead atoms. The summed E-state index contributed by atoms with van der Waals surface area (Å²) in [5.41, 5.74) is 3.45. The fourth-order valence-corrected chi connectivity index (χ4v) is 3.00. The minimum Gasteiger partial charge on any atom is -0.354 e. The van der Waals surface area contributed by atoms with Gasteiger partial charge in [0.2, 0.25) is 0 Å². The van der Waals surface area contributed by atoms with Crippen molar-refractivity contribution in [1.82, 2.24) is 10.2 Å². The molecule has 0 spiro atoms. The SMILES string of the molecule is [C-]#[N+]C1=C(CC)Nc2[nH]ncc2C1c1cccc(C#N)c1Cl. The zero-order chi connectivity index (χ0) is 15.7. The topological polar surface area (TPSA) is 68.9 Å². The minimum atomic E-state index is -0.316. The highest BCUT2D eigenvalue weighted by atomic mass is 35.5. The number of aromatic nitrogens is 2. The van der Waals surface area contributed by atoms with Crippen LogP contribution in [0.3, 0.4) is 0 Å². The Bertz CT molecular complexity index is 850. The summed E-state index contributed by atoms with van der Waals surface area (Å²) in [5, 5.41) is 19.8. The van der Waals surface area contributed by atoms with E-state index < -0.39 is 0 Å². The van der Waals surface area contributed by atoms with Gasteiger partial charge in [0.1, 0.15) is 11.9 Å². The van der Waals surface area contributed by atoms with E-state index in [9.17, 15) is 5.26 Å². The maximum Gasteiger partial charge on any atom is 0.196 e. The van der Waals surface area contributed by atoms with E-state index in [0.717, 1.165) is 22.6 Å². The average molecular weight is 310 g/mol. The lowest BCUT2D eigenvalue weighted by molar-refractivity contribution is 0.902. The minimum absolute atomic E-state index is 0.316. The van der Waals surface area contributed by atoms with E-state index >= 15 is 0 Å². The second kappa shape index (κ2) is 5.55. The van der Waals surface area contributed by atoms with Gasteiger partial charge in [0, 0.05) is 11.3 Å². The van der Waals surface area contributed by atoms with Crippen molar-refractivity contribution >= 4 is 17.4 Å². The highest BCUT2D eigenvalue weighted by Crippen LogP contribution is 2.44. The molecule has 2 heterocycles. The van der Waals surface area contributed by atoms with Crippen LogP contribution >= 0.6 is 11.6 Å². The number of fused-ring (bicyclic) bond motifs is 1. The molecule has 2 N–H and O–H groups in total. The Morgan fingerprint density at radius 2 is 2.27 bits per heavy atom. The molecular formula is C16H12ClN5. The first kappa shape index (κ1) is 14.2. The lowest BCUT2D eigenvalue weighted by Crippen LogP contribution is -2.17. The number of aromatic amines is 1. The van der Waals surface area contributed by atoms with Crippen LogP contribution in [0.1, 0.15) is 36.0 Å². The van der Waals surface area contributed by atoms with E-state index in [1.807, 2.05) is 13.0 Å². The van der Waals surface area contributed by atoms with E-state index in [2.05, 4.69) is 26.4 Å². The van der Waals surface area contributed by atoms with Crippen LogP contribution in [0.5, 0.6) is 0 Å². The number of hydrogen-bond donors (Lipinski definition) is 2. The number of H-pyrrole nitrogens is 1. The summed E-state index contributed by atoms with van der Waals surface area (Å²) in [6.45, 7) is 9.55. The Labute approximate surface area is 133 Å². The van der Waals surface area contributed by atoms with Crippen LogP contribution in [0.25, 0.3) is 4.85 Å². The van der Waals surface area contributed by atoms with Gasteiger partial charge in [-0.2, -0.15) is 10.4 Å². The lowest BCUT2D eigenvalue weighted by Gasteiger charge is -2.26. The molecule has 1 atom stereocenters. The highest BCUT2D eigenvalue weighted by molar-refractivity contribution is 6.32. The fraction of sp³-hybridized carbons (Fsp3) is 0.188. The van der Waals surface area contributed by atoms with Crippen molar-refractivity contribution in [2.75, 3.05) is 5.32 Å². The van der Waals surface area contributed by atoms with Gasteiger partial charge in [-0.25, -0.2) is 4.85 Å². The molecule has 0 fully saturated rings. The zero-order valence-corrected chi connectivity index (χ0v) is 12.6. The summed E-state index contributed by atoms with van der Waals surface area (Å²) in [4.78, 5) is 3.72. The average Bonchev–Trinajstić information content (AvgIpc) is 3.01. The van der Waals surface area contributed by atoms with Crippen molar-refractivity contribution in [3.8, 4) is 6.07 Å². The molecule has 3 rings (SSSR count). The van der Waals surface area contributed by atoms with Crippen molar-refractivity contribution in [2.24, 2.45) is 0 Å². The van der Waals surface area contributed by atoms with Gasteiger partial charge in [0.05, 0.1) is 29.3 Å². The Morgan fingerprint density at radius 3 is 2.95 bits per heavy atom. The number of nitrogens with one attached hydrogen (secondary N) is 2. The summed E-state index contributed by atoms with van der Waals surface area (Å²) < 4.78 is 0. The van der Waals surface area contributed by atoms with E-state index in [4.69, 9.17) is 18.2 Å². The van der Waals surface area contributed by atoms with Crippen LogP contribution in [0.4, 0.5) is 5.82 Å². The zero-order valence-electron chi connectivity index (χ0n) is 11.8. The smallest absolute Gasteiger partial charge is 0.196 e. The molecule has 0 aliphatic carbocycles. The Morgan fingerprint density at radius 1 is 1.45 bits per heavy atom. The second-order valence-electron chi connectivity index (χ2n) is 4.91. The number of anilines is 1. The van der Waals surface area contributed by atoms with E-state index in [1.54, 1.807) is 18.3 Å². The molecule has 1 aromatic heterocycles. The Kier molecular flexibility index (Phi) is 3.58. The summed E-state index contributed by atoms with van der Waals surface area (Å²) in [6.07, 6.45) is 2.39. The molecule has 1 aromatic carbocycles. The van der Waals surface area contributed by atoms with Crippen molar-refractivity contribution < 1.29 is 0 Å². The molecule has 22 heavy (non-hydrogen) atoms. The monoisotopic (exact) mass is 309 g/mol. The van der Waals surface area contributed by atoms with Crippen LogP contribution in [-0.4, -0.2) is 10.2 Å². The van der Waals surface area contributed by atoms with Gasteiger partial charge < -0.3 is 5.32 Å². The summed E-state index contributed by atoms with van der Waals surface area (Å²) in [5.74, 6) is 0.455. The quantitative estimate of drug-likeness (QED) is 0.823. The van der Waals surface area contributed by atoms with Gasteiger partial charge in [-0.15, -0.1) is 0 Å². The van der Waals surface area contributed by atoms with Crippen LogP contribution < -0.4 is 5.32 Å². The maximum atomic E-state index is 9.18. The normalized spacial score (nSPS) is 16.5.